The second kappa shape index (κ2) is 11.3. The Balaban J connectivity index is 1.38. The maximum absolute atomic E-state index is 14.3. The van der Waals surface area contributed by atoms with E-state index < -0.39 is 29.7 Å². The van der Waals surface area contributed by atoms with E-state index in [0.29, 0.717) is 23.6 Å². The molecule has 2 aromatic carbocycles. The molecule has 0 radical (unpaired) electrons. The second-order valence-electron chi connectivity index (χ2n) is 10.7. The van der Waals surface area contributed by atoms with Gasteiger partial charge in [0.25, 0.3) is 0 Å². The van der Waals surface area contributed by atoms with Crippen molar-refractivity contribution in [1.82, 2.24) is 0 Å². The normalized spacial score (nSPS) is 25.3. The molecule has 0 saturated heterocycles. The summed E-state index contributed by atoms with van der Waals surface area (Å²) in [6, 6.07) is 8.27. The molecule has 0 aliphatic heterocycles. The van der Waals surface area contributed by atoms with E-state index in [2.05, 4.69) is 11.7 Å². The first kappa shape index (κ1) is 27.9. The fraction of sp³-hybridized carbons (Fsp3) is 0.586. The minimum Gasteiger partial charge on any atom is -0.222 e. The molecular formula is C29H33F7O. The molecule has 0 bridgehead atoms. The average Bonchev–Trinajstić information content (AvgIpc) is 2.83. The molecule has 4 rings (SSSR count). The van der Waals surface area contributed by atoms with Gasteiger partial charge in [-0.25, -0.2) is 13.5 Å². The van der Waals surface area contributed by atoms with Crippen LogP contribution in [0.5, 0.6) is 0 Å². The van der Waals surface area contributed by atoms with Gasteiger partial charge in [0.15, 0.2) is 0 Å². The summed E-state index contributed by atoms with van der Waals surface area (Å²) >= 11 is 0. The van der Waals surface area contributed by atoms with Crippen molar-refractivity contribution in [2.24, 2.45) is 17.8 Å². The molecule has 204 valence electrons. The standard InChI is InChI=1S/C29H33F7O/c1-2-3-18-4-6-19(7-5-18)20-8-10-21(11-9-20)22-12-14-23(15-13-22)24-16-25(30)27(26(31)17-24)28(32,33)37-29(34,35)36/h12-21H,2-11H2,1H3. The van der Waals surface area contributed by atoms with E-state index in [9.17, 15) is 30.7 Å². The van der Waals surface area contributed by atoms with Gasteiger partial charge in [0, 0.05) is 0 Å². The summed E-state index contributed by atoms with van der Waals surface area (Å²) in [5.41, 5.74) is -0.612. The molecule has 2 aliphatic rings. The van der Waals surface area contributed by atoms with Gasteiger partial charge >= 0.3 is 12.5 Å². The van der Waals surface area contributed by atoms with Crippen molar-refractivity contribution in [3.8, 4) is 11.1 Å². The Bertz CT molecular complexity index is 1010. The van der Waals surface area contributed by atoms with Crippen LogP contribution in [-0.2, 0) is 10.8 Å². The second-order valence-corrected chi connectivity index (χ2v) is 10.7. The average molecular weight is 531 g/mol. The van der Waals surface area contributed by atoms with Crippen LogP contribution in [0.15, 0.2) is 36.4 Å². The van der Waals surface area contributed by atoms with E-state index >= 15 is 0 Å². The predicted octanol–water partition coefficient (Wildman–Crippen LogP) is 10.1. The number of ether oxygens (including phenoxy) is 1. The zero-order valence-corrected chi connectivity index (χ0v) is 20.9. The van der Waals surface area contributed by atoms with Crippen molar-refractivity contribution >= 4 is 0 Å². The van der Waals surface area contributed by atoms with Crippen molar-refractivity contribution in [2.75, 3.05) is 0 Å². The molecule has 0 atom stereocenters. The van der Waals surface area contributed by atoms with Gasteiger partial charge < -0.3 is 0 Å². The first-order valence-corrected chi connectivity index (χ1v) is 13.2. The van der Waals surface area contributed by atoms with Crippen molar-refractivity contribution in [3.05, 3.63) is 59.2 Å². The Kier molecular flexibility index (Phi) is 8.56. The highest BCUT2D eigenvalue weighted by molar-refractivity contribution is 5.64. The first-order chi connectivity index (χ1) is 17.5. The third-order valence-corrected chi connectivity index (χ3v) is 8.32. The van der Waals surface area contributed by atoms with Gasteiger partial charge in [-0.2, -0.15) is 8.78 Å². The van der Waals surface area contributed by atoms with E-state index in [1.807, 2.05) is 12.1 Å². The third kappa shape index (κ3) is 6.87. The Labute approximate surface area is 213 Å². The fourth-order valence-electron chi connectivity index (χ4n) is 6.44. The molecule has 1 nitrogen and oxygen atoms in total. The van der Waals surface area contributed by atoms with Crippen LogP contribution in [0.3, 0.4) is 0 Å². The minimum atomic E-state index is -5.76. The van der Waals surface area contributed by atoms with Crippen LogP contribution in [0.4, 0.5) is 30.7 Å². The SMILES string of the molecule is CCCC1CCC(C2CCC(c3ccc(-c4cc(F)c(C(F)(F)OC(F)(F)F)c(F)c4)cc3)CC2)CC1. The van der Waals surface area contributed by atoms with Crippen LogP contribution < -0.4 is 0 Å². The lowest BCUT2D eigenvalue weighted by atomic mass is 9.68. The topological polar surface area (TPSA) is 9.23 Å². The van der Waals surface area contributed by atoms with Crippen LogP contribution in [0.1, 0.15) is 88.2 Å². The van der Waals surface area contributed by atoms with Gasteiger partial charge in [0.05, 0.1) is 0 Å². The molecule has 0 amide bonds. The molecule has 8 heteroatoms. The molecule has 2 aromatic rings. The molecule has 0 spiro atoms. The largest absolute Gasteiger partial charge is 0.527 e. The molecular weight excluding hydrogens is 497 g/mol. The maximum Gasteiger partial charge on any atom is 0.527 e. The van der Waals surface area contributed by atoms with Gasteiger partial charge in [0.1, 0.15) is 17.2 Å². The fourth-order valence-corrected chi connectivity index (χ4v) is 6.44. The van der Waals surface area contributed by atoms with Crippen LogP contribution in [0, 0.1) is 29.4 Å². The Hall–Kier alpha value is -2.09. The molecule has 0 aromatic heterocycles. The van der Waals surface area contributed by atoms with Gasteiger partial charge in [-0.15, -0.1) is 13.2 Å². The highest BCUT2D eigenvalue weighted by Crippen LogP contribution is 2.45. The molecule has 2 fully saturated rings. The van der Waals surface area contributed by atoms with E-state index in [4.69, 9.17) is 0 Å². The molecule has 0 N–H and O–H groups in total. The van der Waals surface area contributed by atoms with E-state index in [0.717, 1.165) is 36.2 Å². The molecule has 2 aliphatic carbocycles. The van der Waals surface area contributed by atoms with Crippen molar-refractivity contribution in [2.45, 2.75) is 89.5 Å². The number of rotatable bonds is 7. The number of alkyl halides is 5. The van der Waals surface area contributed by atoms with Crippen LogP contribution >= 0.6 is 0 Å². The molecule has 0 heterocycles. The van der Waals surface area contributed by atoms with Gasteiger partial charge in [-0.05, 0) is 91.0 Å². The van der Waals surface area contributed by atoms with Gasteiger partial charge in [-0.3, -0.25) is 0 Å². The number of halogens is 7. The quantitative estimate of drug-likeness (QED) is 0.324. The van der Waals surface area contributed by atoms with Gasteiger partial charge in [0.2, 0.25) is 0 Å². The number of benzene rings is 2. The lowest BCUT2D eigenvalue weighted by Gasteiger charge is -2.38. The van der Waals surface area contributed by atoms with Crippen LogP contribution in [0.2, 0.25) is 0 Å². The number of hydrogen-bond acceptors (Lipinski definition) is 1. The van der Waals surface area contributed by atoms with Crippen molar-refractivity contribution in [3.63, 3.8) is 0 Å². The van der Waals surface area contributed by atoms with E-state index in [-0.39, 0.29) is 5.56 Å². The minimum absolute atomic E-state index is 0.0458. The summed E-state index contributed by atoms with van der Waals surface area (Å²) in [6.07, 6.45) is 1.62. The summed E-state index contributed by atoms with van der Waals surface area (Å²) < 4.78 is 95.5. The van der Waals surface area contributed by atoms with Crippen molar-refractivity contribution in [1.29, 1.82) is 0 Å². The summed E-state index contributed by atoms with van der Waals surface area (Å²) in [5, 5.41) is 0. The van der Waals surface area contributed by atoms with E-state index in [1.54, 1.807) is 12.1 Å². The van der Waals surface area contributed by atoms with Crippen molar-refractivity contribution < 1.29 is 35.5 Å². The van der Waals surface area contributed by atoms with Gasteiger partial charge in [-0.1, -0.05) is 56.9 Å². The molecule has 2 saturated carbocycles. The lowest BCUT2D eigenvalue weighted by molar-refractivity contribution is -0.432. The molecule has 37 heavy (non-hydrogen) atoms. The zero-order valence-electron chi connectivity index (χ0n) is 20.9. The summed E-state index contributed by atoms with van der Waals surface area (Å²) in [4.78, 5) is 0. The van der Waals surface area contributed by atoms with E-state index in [1.165, 1.54) is 51.4 Å². The summed E-state index contributed by atoms with van der Waals surface area (Å²) in [5.74, 6) is -0.708. The maximum atomic E-state index is 14.3. The highest BCUT2D eigenvalue weighted by atomic mass is 19.4. The van der Waals surface area contributed by atoms with Crippen LogP contribution in [0.25, 0.3) is 11.1 Å². The third-order valence-electron chi connectivity index (χ3n) is 8.32. The highest BCUT2D eigenvalue weighted by Gasteiger charge is 2.49. The Morgan fingerprint density at radius 3 is 1.73 bits per heavy atom. The Morgan fingerprint density at radius 2 is 1.24 bits per heavy atom. The van der Waals surface area contributed by atoms with Crippen LogP contribution in [-0.4, -0.2) is 6.36 Å². The smallest absolute Gasteiger partial charge is 0.222 e. The predicted molar refractivity (Wildman–Crippen MR) is 128 cm³/mol. The first-order valence-electron chi connectivity index (χ1n) is 13.2. The monoisotopic (exact) mass is 530 g/mol. The lowest BCUT2D eigenvalue weighted by Crippen LogP contribution is -2.29. The number of hydrogen-bond donors (Lipinski definition) is 0. The zero-order chi connectivity index (χ0) is 26.8. The Morgan fingerprint density at radius 1 is 0.730 bits per heavy atom. The summed E-state index contributed by atoms with van der Waals surface area (Å²) in [7, 11) is 0. The molecule has 0 unspecified atom stereocenters. The summed E-state index contributed by atoms with van der Waals surface area (Å²) in [6.45, 7) is 2.26.